The Hall–Kier alpha value is -2.84. The molecule has 0 fully saturated rings. The highest BCUT2D eigenvalue weighted by Crippen LogP contribution is 2.29. The summed E-state index contributed by atoms with van der Waals surface area (Å²) in [5.74, 6) is -1.40. The van der Waals surface area contributed by atoms with Crippen LogP contribution in [0.1, 0.15) is 10.4 Å². The highest BCUT2D eigenvalue weighted by molar-refractivity contribution is 6.39. The smallest absolute Gasteiger partial charge is 0.341 e. The minimum atomic E-state index is -0.889. The number of ether oxygens (including phenoxy) is 2. The van der Waals surface area contributed by atoms with Crippen molar-refractivity contribution in [2.45, 2.75) is 0 Å². The van der Waals surface area contributed by atoms with Gasteiger partial charge in [-0.1, -0.05) is 29.3 Å². The number of hydrogen-bond acceptors (Lipinski definition) is 6. The summed E-state index contributed by atoms with van der Waals surface area (Å²) in [7, 11) is 1.36. The molecule has 2 aromatic rings. The molecule has 0 aliphatic rings. The number of benzene rings is 2. The summed E-state index contributed by atoms with van der Waals surface area (Å²) in [6.45, 7) is -0.677. The van der Waals surface area contributed by atoms with Gasteiger partial charge in [-0.15, -0.1) is 0 Å². The summed E-state index contributed by atoms with van der Waals surface area (Å²) in [6.07, 6.45) is 0. The molecule has 0 saturated carbocycles. The maximum absolute atomic E-state index is 12.0. The SMILES string of the molecule is COc1ccc(NC(=O)COC(=O)c2c(Cl)cccc2Cl)c([N+](=O)[O-])c1. The predicted octanol–water partition coefficient (Wildman–Crippen LogP) is 3.71. The Labute approximate surface area is 157 Å². The first-order chi connectivity index (χ1) is 12.3. The fourth-order valence-corrected chi connectivity index (χ4v) is 2.53. The predicted molar refractivity (Wildman–Crippen MR) is 95.0 cm³/mol. The van der Waals surface area contributed by atoms with Crippen molar-refractivity contribution in [1.82, 2.24) is 0 Å². The van der Waals surface area contributed by atoms with Crippen molar-refractivity contribution in [3.8, 4) is 5.75 Å². The zero-order valence-corrected chi connectivity index (χ0v) is 14.8. The van der Waals surface area contributed by atoms with Crippen LogP contribution >= 0.6 is 23.2 Å². The van der Waals surface area contributed by atoms with Gasteiger partial charge in [-0.3, -0.25) is 14.9 Å². The van der Waals surface area contributed by atoms with Gasteiger partial charge in [0.1, 0.15) is 11.4 Å². The van der Waals surface area contributed by atoms with Crippen LogP contribution in [0.25, 0.3) is 0 Å². The van der Waals surface area contributed by atoms with Gasteiger partial charge in [0.2, 0.25) is 0 Å². The van der Waals surface area contributed by atoms with Gasteiger partial charge in [0.25, 0.3) is 11.6 Å². The minimum Gasteiger partial charge on any atom is -0.496 e. The van der Waals surface area contributed by atoms with Crippen molar-refractivity contribution in [3.05, 3.63) is 62.1 Å². The molecule has 0 radical (unpaired) electrons. The van der Waals surface area contributed by atoms with E-state index < -0.39 is 23.4 Å². The number of nitrogens with one attached hydrogen (secondary N) is 1. The van der Waals surface area contributed by atoms with Gasteiger partial charge in [-0.25, -0.2) is 4.79 Å². The molecule has 1 amide bonds. The van der Waals surface area contributed by atoms with Crippen LogP contribution in [0, 0.1) is 10.1 Å². The summed E-state index contributed by atoms with van der Waals surface area (Å²) in [4.78, 5) is 34.4. The van der Waals surface area contributed by atoms with E-state index in [-0.39, 0.29) is 32.7 Å². The quantitative estimate of drug-likeness (QED) is 0.451. The van der Waals surface area contributed by atoms with Crippen LogP contribution in [0.15, 0.2) is 36.4 Å². The molecule has 136 valence electrons. The number of hydrogen-bond donors (Lipinski definition) is 1. The third-order valence-corrected chi connectivity index (χ3v) is 3.81. The van der Waals surface area contributed by atoms with Crippen molar-refractivity contribution < 1.29 is 24.0 Å². The molecular formula is C16H12Cl2N2O6. The molecule has 0 aromatic heterocycles. The van der Waals surface area contributed by atoms with Crippen LogP contribution in [-0.4, -0.2) is 30.5 Å². The van der Waals surface area contributed by atoms with Crippen LogP contribution < -0.4 is 10.1 Å². The molecule has 0 atom stereocenters. The van der Waals surface area contributed by atoms with E-state index in [1.807, 2.05) is 0 Å². The van der Waals surface area contributed by atoms with E-state index >= 15 is 0 Å². The Morgan fingerprint density at radius 3 is 2.42 bits per heavy atom. The van der Waals surface area contributed by atoms with E-state index in [1.165, 1.54) is 31.4 Å². The number of esters is 1. The van der Waals surface area contributed by atoms with E-state index in [2.05, 4.69) is 5.32 Å². The van der Waals surface area contributed by atoms with E-state index in [1.54, 1.807) is 6.07 Å². The van der Waals surface area contributed by atoms with Crippen molar-refractivity contribution in [2.24, 2.45) is 0 Å². The number of nitro benzene ring substituents is 1. The molecule has 0 spiro atoms. The highest BCUT2D eigenvalue weighted by Gasteiger charge is 2.20. The molecule has 8 nitrogen and oxygen atoms in total. The van der Waals surface area contributed by atoms with Crippen molar-refractivity contribution in [2.75, 3.05) is 19.0 Å². The summed E-state index contributed by atoms with van der Waals surface area (Å²) in [5, 5.41) is 13.5. The Kier molecular flexibility index (Phi) is 6.37. The molecule has 1 N–H and O–H groups in total. The Morgan fingerprint density at radius 2 is 1.85 bits per heavy atom. The van der Waals surface area contributed by atoms with Gasteiger partial charge in [-0.05, 0) is 24.3 Å². The van der Waals surface area contributed by atoms with Crippen LogP contribution in [-0.2, 0) is 9.53 Å². The van der Waals surface area contributed by atoms with Crippen LogP contribution in [0.2, 0.25) is 10.0 Å². The first kappa shape index (κ1) is 19.5. The topological polar surface area (TPSA) is 108 Å². The molecule has 0 heterocycles. The average Bonchev–Trinajstić information content (AvgIpc) is 2.60. The van der Waals surface area contributed by atoms with E-state index in [0.717, 1.165) is 6.07 Å². The fraction of sp³-hybridized carbons (Fsp3) is 0.125. The van der Waals surface area contributed by atoms with Crippen LogP contribution in [0.4, 0.5) is 11.4 Å². The van der Waals surface area contributed by atoms with E-state index in [0.29, 0.717) is 0 Å². The molecule has 0 bridgehead atoms. The second kappa shape index (κ2) is 8.50. The third kappa shape index (κ3) is 4.62. The lowest BCUT2D eigenvalue weighted by Gasteiger charge is -2.09. The number of amides is 1. The number of carbonyl (C=O) groups excluding carboxylic acids is 2. The van der Waals surface area contributed by atoms with Crippen LogP contribution in [0.5, 0.6) is 5.75 Å². The number of nitrogens with zero attached hydrogens (tertiary/aromatic N) is 1. The molecule has 2 rings (SSSR count). The molecular weight excluding hydrogens is 387 g/mol. The van der Waals surface area contributed by atoms with Gasteiger partial charge < -0.3 is 14.8 Å². The Morgan fingerprint density at radius 1 is 1.19 bits per heavy atom. The zero-order valence-electron chi connectivity index (χ0n) is 13.3. The molecule has 26 heavy (non-hydrogen) atoms. The summed E-state index contributed by atoms with van der Waals surface area (Å²) in [6, 6.07) is 8.36. The molecule has 0 aliphatic carbocycles. The van der Waals surface area contributed by atoms with Crippen molar-refractivity contribution in [3.63, 3.8) is 0 Å². The number of nitro groups is 1. The molecule has 0 unspecified atom stereocenters. The second-order valence-electron chi connectivity index (χ2n) is 4.86. The maximum Gasteiger partial charge on any atom is 0.341 e. The maximum atomic E-state index is 12.0. The van der Waals surface area contributed by atoms with Gasteiger partial charge in [-0.2, -0.15) is 0 Å². The summed E-state index contributed by atoms with van der Waals surface area (Å²) >= 11 is 11.8. The lowest BCUT2D eigenvalue weighted by atomic mass is 10.2. The summed E-state index contributed by atoms with van der Waals surface area (Å²) < 4.78 is 9.76. The van der Waals surface area contributed by atoms with Crippen molar-refractivity contribution in [1.29, 1.82) is 0 Å². The first-order valence-electron chi connectivity index (χ1n) is 7.07. The van der Waals surface area contributed by atoms with E-state index in [4.69, 9.17) is 32.7 Å². The minimum absolute atomic E-state index is 0.0624. The number of anilines is 1. The van der Waals surface area contributed by atoms with Gasteiger partial charge in [0.05, 0.1) is 33.7 Å². The standard InChI is InChI=1S/C16H12Cl2N2O6/c1-25-9-5-6-12(13(7-9)20(23)24)19-14(21)8-26-16(22)15-10(17)3-2-4-11(15)18/h2-7H,8H2,1H3,(H,19,21). The van der Waals surface area contributed by atoms with Gasteiger partial charge in [0, 0.05) is 0 Å². The van der Waals surface area contributed by atoms with E-state index in [9.17, 15) is 19.7 Å². The number of methoxy groups -OCH3 is 1. The fourth-order valence-electron chi connectivity index (χ4n) is 1.98. The number of carbonyl (C=O) groups is 2. The summed E-state index contributed by atoms with van der Waals surface area (Å²) in [5.41, 5.74) is -0.495. The number of halogens is 2. The van der Waals surface area contributed by atoms with Crippen molar-refractivity contribution >= 4 is 46.5 Å². The Balaban J connectivity index is 2.06. The van der Waals surface area contributed by atoms with Gasteiger partial charge in [0.15, 0.2) is 6.61 Å². The molecule has 0 aliphatic heterocycles. The molecule has 10 heteroatoms. The lowest BCUT2D eigenvalue weighted by Crippen LogP contribution is -2.21. The zero-order chi connectivity index (χ0) is 19.3. The molecule has 2 aromatic carbocycles. The largest absolute Gasteiger partial charge is 0.496 e. The Bertz CT molecular complexity index is 852. The number of rotatable bonds is 6. The second-order valence-corrected chi connectivity index (χ2v) is 5.68. The van der Waals surface area contributed by atoms with Gasteiger partial charge >= 0.3 is 5.97 Å². The monoisotopic (exact) mass is 398 g/mol. The average molecular weight is 399 g/mol. The molecule has 0 saturated heterocycles. The first-order valence-corrected chi connectivity index (χ1v) is 7.82. The van der Waals surface area contributed by atoms with Crippen LogP contribution in [0.3, 0.4) is 0 Å². The lowest BCUT2D eigenvalue weighted by molar-refractivity contribution is -0.384. The highest BCUT2D eigenvalue weighted by atomic mass is 35.5. The normalized spacial score (nSPS) is 10.1. The third-order valence-electron chi connectivity index (χ3n) is 3.18.